The first kappa shape index (κ1) is 19.4. The molecule has 1 aromatic heterocycles. The van der Waals surface area contributed by atoms with E-state index >= 15 is 0 Å². The Morgan fingerprint density at radius 2 is 1.82 bits per heavy atom. The molecule has 0 N–H and O–H groups in total. The summed E-state index contributed by atoms with van der Waals surface area (Å²) in [6.45, 7) is 2.88. The average molecular weight is 422 g/mol. The van der Waals surface area contributed by atoms with Gasteiger partial charge in [-0.15, -0.1) is 11.3 Å². The Labute approximate surface area is 169 Å². The second-order valence-corrected chi connectivity index (χ2v) is 9.85. The number of thiazole rings is 1. The van der Waals surface area contributed by atoms with Crippen molar-refractivity contribution in [1.29, 1.82) is 0 Å². The highest BCUT2D eigenvalue weighted by atomic mass is 32.2. The summed E-state index contributed by atoms with van der Waals surface area (Å²) in [5, 5.41) is 2.91. The molecule has 3 heterocycles. The molecule has 0 bridgehead atoms. The zero-order valence-electron chi connectivity index (χ0n) is 15.5. The molecule has 0 spiro atoms. The second kappa shape index (κ2) is 8.18. The fourth-order valence-electron chi connectivity index (χ4n) is 3.47. The Hall–Kier alpha value is -1.97. The van der Waals surface area contributed by atoms with E-state index in [-0.39, 0.29) is 6.09 Å². The van der Waals surface area contributed by atoms with Crippen LogP contribution in [0.3, 0.4) is 0 Å². The maximum atomic E-state index is 12.7. The molecule has 7 nitrogen and oxygen atoms in total. The minimum atomic E-state index is -3.41. The van der Waals surface area contributed by atoms with E-state index in [0.717, 1.165) is 35.5 Å². The number of carbonyl (C=O) groups excluding carboxylic acids is 1. The van der Waals surface area contributed by atoms with Gasteiger partial charge in [-0.1, -0.05) is 18.6 Å². The van der Waals surface area contributed by atoms with Crippen molar-refractivity contribution in [3.8, 4) is 11.3 Å². The van der Waals surface area contributed by atoms with Gasteiger partial charge in [0.25, 0.3) is 0 Å². The van der Waals surface area contributed by atoms with Gasteiger partial charge >= 0.3 is 6.09 Å². The number of hydrogen-bond acceptors (Lipinski definition) is 6. The molecule has 1 amide bonds. The average Bonchev–Trinajstić information content (AvgIpc) is 3.36. The lowest BCUT2D eigenvalue weighted by Crippen LogP contribution is -2.35. The van der Waals surface area contributed by atoms with E-state index in [4.69, 9.17) is 4.74 Å². The number of amides is 1. The van der Waals surface area contributed by atoms with Crippen LogP contribution in [0.5, 0.6) is 0 Å². The zero-order chi connectivity index (χ0) is 19.6. The summed E-state index contributed by atoms with van der Waals surface area (Å²) in [5.41, 5.74) is 1.71. The number of aromatic nitrogens is 1. The molecule has 0 saturated carbocycles. The monoisotopic (exact) mass is 421 g/mol. The van der Waals surface area contributed by atoms with Crippen molar-refractivity contribution >= 4 is 27.5 Å². The number of hydrogen-bond donors (Lipinski definition) is 0. The molecule has 2 aromatic rings. The standard InChI is InChI=1S/C19H23N3O4S2/c23-19-21(12-13-26-19)11-8-18-20-17(14-27-18)15-4-6-16(7-5-15)28(24,25)22-9-2-1-3-10-22/h4-7,14H,1-3,8-13H2. The van der Waals surface area contributed by atoms with Crippen LogP contribution in [0.2, 0.25) is 0 Å². The fourth-order valence-corrected chi connectivity index (χ4v) is 5.78. The number of carbonyl (C=O) groups is 1. The van der Waals surface area contributed by atoms with E-state index in [0.29, 0.717) is 44.1 Å². The molecule has 2 fully saturated rings. The first-order chi connectivity index (χ1) is 13.5. The minimum absolute atomic E-state index is 0.262. The third kappa shape index (κ3) is 4.06. The molecule has 150 valence electrons. The maximum Gasteiger partial charge on any atom is 0.409 e. The van der Waals surface area contributed by atoms with E-state index in [1.165, 1.54) is 0 Å². The van der Waals surface area contributed by atoms with Crippen molar-refractivity contribution in [2.45, 2.75) is 30.6 Å². The second-order valence-electron chi connectivity index (χ2n) is 6.97. The van der Waals surface area contributed by atoms with Crippen molar-refractivity contribution < 1.29 is 17.9 Å². The number of cyclic esters (lactones) is 1. The van der Waals surface area contributed by atoms with Gasteiger partial charge in [0.15, 0.2) is 0 Å². The van der Waals surface area contributed by atoms with Crippen LogP contribution < -0.4 is 0 Å². The van der Waals surface area contributed by atoms with Crippen LogP contribution in [0, 0.1) is 0 Å². The molecule has 0 unspecified atom stereocenters. The third-order valence-electron chi connectivity index (χ3n) is 5.10. The number of rotatable bonds is 6. The topological polar surface area (TPSA) is 79.8 Å². The summed E-state index contributed by atoms with van der Waals surface area (Å²) >= 11 is 1.55. The molecule has 0 aliphatic carbocycles. The largest absolute Gasteiger partial charge is 0.448 e. The maximum absolute atomic E-state index is 12.7. The molecule has 28 heavy (non-hydrogen) atoms. The van der Waals surface area contributed by atoms with Crippen LogP contribution in [-0.2, 0) is 21.2 Å². The van der Waals surface area contributed by atoms with Crippen molar-refractivity contribution in [1.82, 2.24) is 14.2 Å². The van der Waals surface area contributed by atoms with Gasteiger partial charge in [-0.3, -0.25) is 0 Å². The van der Waals surface area contributed by atoms with Crippen molar-refractivity contribution in [3.05, 3.63) is 34.7 Å². The molecule has 9 heteroatoms. The van der Waals surface area contributed by atoms with E-state index in [1.54, 1.807) is 32.7 Å². The molecule has 2 aliphatic rings. The van der Waals surface area contributed by atoms with Gasteiger partial charge in [-0.25, -0.2) is 18.2 Å². The third-order valence-corrected chi connectivity index (χ3v) is 7.92. The highest BCUT2D eigenvalue weighted by Crippen LogP contribution is 2.26. The summed E-state index contributed by atoms with van der Waals surface area (Å²) in [6, 6.07) is 6.96. The first-order valence-corrected chi connectivity index (χ1v) is 11.8. The summed E-state index contributed by atoms with van der Waals surface area (Å²) in [6.07, 6.45) is 3.36. The lowest BCUT2D eigenvalue weighted by Gasteiger charge is -2.25. The summed E-state index contributed by atoms with van der Waals surface area (Å²) in [4.78, 5) is 18.1. The Morgan fingerprint density at radius 3 is 2.50 bits per heavy atom. The number of nitrogens with zero attached hydrogens (tertiary/aromatic N) is 3. The van der Waals surface area contributed by atoms with Gasteiger partial charge in [0, 0.05) is 37.0 Å². The molecule has 0 atom stereocenters. The van der Waals surface area contributed by atoms with Crippen molar-refractivity contribution in [2.75, 3.05) is 32.8 Å². The lowest BCUT2D eigenvalue weighted by atomic mass is 10.2. The fraction of sp³-hybridized carbons (Fsp3) is 0.474. The lowest BCUT2D eigenvalue weighted by molar-refractivity contribution is 0.159. The number of ether oxygens (including phenoxy) is 1. The van der Waals surface area contributed by atoms with Gasteiger partial charge in [0.1, 0.15) is 6.61 Å². The van der Waals surface area contributed by atoms with Gasteiger partial charge in [-0.05, 0) is 25.0 Å². The van der Waals surface area contributed by atoms with Crippen molar-refractivity contribution in [2.24, 2.45) is 0 Å². The summed E-state index contributed by atoms with van der Waals surface area (Å²) in [5.74, 6) is 0. The number of sulfonamides is 1. The Bertz CT molecular complexity index is 934. The van der Waals surface area contributed by atoms with Gasteiger partial charge < -0.3 is 9.64 Å². The Morgan fingerprint density at radius 1 is 1.07 bits per heavy atom. The predicted octanol–water partition coefficient (Wildman–Crippen LogP) is 2.98. The van der Waals surface area contributed by atoms with E-state index in [9.17, 15) is 13.2 Å². The van der Waals surface area contributed by atoms with Crippen molar-refractivity contribution in [3.63, 3.8) is 0 Å². The highest BCUT2D eigenvalue weighted by Gasteiger charge is 2.26. The van der Waals surface area contributed by atoms with Crippen LogP contribution >= 0.6 is 11.3 Å². The number of piperidine rings is 1. The normalized spacial score (nSPS) is 18.4. The first-order valence-electron chi connectivity index (χ1n) is 9.51. The van der Waals surface area contributed by atoms with E-state index in [1.807, 2.05) is 17.5 Å². The zero-order valence-corrected chi connectivity index (χ0v) is 17.2. The van der Waals surface area contributed by atoms with Gasteiger partial charge in [-0.2, -0.15) is 4.31 Å². The minimum Gasteiger partial charge on any atom is -0.448 e. The quantitative estimate of drug-likeness (QED) is 0.716. The molecule has 1 aromatic carbocycles. The SMILES string of the molecule is O=C1OCCN1CCc1nc(-c2ccc(S(=O)(=O)N3CCCCC3)cc2)cs1. The molecule has 0 radical (unpaired) electrons. The number of benzene rings is 1. The summed E-state index contributed by atoms with van der Waals surface area (Å²) in [7, 11) is -3.41. The van der Waals surface area contributed by atoms with Gasteiger partial charge in [0.05, 0.1) is 22.1 Å². The van der Waals surface area contributed by atoms with Crippen LogP contribution in [0.25, 0.3) is 11.3 Å². The Kier molecular flexibility index (Phi) is 5.65. The smallest absolute Gasteiger partial charge is 0.409 e. The molecule has 2 saturated heterocycles. The van der Waals surface area contributed by atoms with E-state index in [2.05, 4.69) is 4.98 Å². The highest BCUT2D eigenvalue weighted by molar-refractivity contribution is 7.89. The van der Waals surface area contributed by atoms with E-state index < -0.39 is 10.0 Å². The predicted molar refractivity (Wildman–Crippen MR) is 107 cm³/mol. The van der Waals surface area contributed by atoms with Crippen LogP contribution in [0.15, 0.2) is 34.5 Å². The molecular formula is C19H23N3O4S2. The molecule has 2 aliphatic heterocycles. The summed E-state index contributed by atoms with van der Waals surface area (Å²) < 4.78 is 32.0. The molecular weight excluding hydrogens is 398 g/mol. The van der Waals surface area contributed by atoms with Crippen LogP contribution in [-0.4, -0.2) is 61.5 Å². The Balaban J connectivity index is 1.42. The molecule has 4 rings (SSSR count). The van der Waals surface area contributed by atoms with Gasteiger partial charge in [0.2, 0.25) is 10.0 Å². The van der Waals surface area contributed by atoms with Crippen LogP contribution in [0.4, 0.5) is 4.79 Å². The van der Waals surface area contributed by atoms with Crippen LogP contribution in [0.1, 0.15) is 24.3 Å².